The fraction of sp³-hybridized carbons (Fsp3) is 0.222. The normalized spacial score (nSPS) is 10.4. The maximum atomic E-state index is 12.0. The molecule has 16 heavy (non-hydrogen) atoms. The zero-order valence-electron chi connectivity index (χ0n) is 7.97. The summed E-state index contributed by atoms with van der Waals surface area (Å²) in [4.78, 5) is 11.3. The molecule has 0 saturated heterocycles. The standard InChI is InChI=1S/C9H6Br2F2O3/c1-15-8(14)5-2-4(16-9(12)13)3-6(10)7(5)11/h2-3,9H,1H3. The molecular weight excluding hydrogens is 354 g/mol. The van der Waals surface area contributed by atoms with Crippen LogP contribution in [0.5, 0.6) is 5.75 Å². The van der Waals surface area contributed by atoms with Crippen molar-refractivity contribution in [2.24, 2.45) is 0 Å². The third-order valence-corrected chi connectivity index (χ3v) is 3.64. The number of esters is 1. The first-order valence-electron chi connectivity index (χ1n) is 3.98. The number of carbonyl (C=O) groups excluding carboxylic acids is 1. The number of benzene rings is 1. The molecule has 0 spiro atoms. The minimum Gasteiger partial charge on any atom is -0.465 e. The predicted octanol–water partition coefficient (Wildman–Crippen LogP) is 3.60. The van der Waals surface area contributed by atoms with E-state index >= 15 is 0 Å². The van der Waals surface area contributed by atoms with Crippen molar-refractivity contribution in [3.05, 3.63) is 26.6 Å². The Labute approximate surface area is 107 Å². The Hall–Kier alpha value is -0.690. The van der Waals surface area contributed by atoms with Gasteiger partial charge in [-0.1, -0.05) is 0 Å². The first kappa shape index (κ1) is 13.4. The van der Waals surface area contributed by atoms with Crippen LogP contribution in [0.3, 0.4) is 0 Å². The van der Waals surface area contributed by atoms with Crippen molar-refractivity contribution in [3.63, 3.8) is 0 Å². The van der Waals surface area contributed by atoms with E-state index in [4.69, 9.17) is 0 Å². The third-order valence-electron chi connectivity index (χ3n) is 1.63. The lowest BCUT2D eigenvalue weighted by Crippen LogP contribution is -2.06. The van der Waals surface area contributed by atoms with E-state index in [2.05, 4.69) is 41.3 Å². The Morgan fingerprint density at radius 3 is 2.50 bits per heavy atom. The van der Waals surface area contributed by atoms with E-state index in [9.17, 15) is 13.6 Å². The summed E-state index contributed by atoms with van der Waals surface area (Å²) in [5, 5.41) is 0. The van der Waals surface area contributed by atoms with E-state index in [1.165, 1.54) is 19.2 Å². The van der Waals surface area contributed by atoms with Crippen LogP contribution in [0, 0.1) is 0 Å². The quantitative estimate of drug-likeness (QED) is 0.773. The Morgan fingerprint density at radius 2 is 2.00 bits per heavy atom. The second kappa shape index (κ2) is 5.58. The molecule has 88 valence electrons. The van der Waals surface area contributed by atoms with Crippen LogP contribution in [0.25, 0.3) is 0 Å². The van der Waals surface area contributed by atoms with Gasteiger partial charge in [0.1, 0.15) is 5.75 Å². The SMILES string of the molecule is COC(=O)c1cc(OC(F)F)cc(Br)c1Br. The molecule has 0 saturated carbocycles. The summed E-state index contributed by atoms with van der Waals surface area (Å²) in [5.74, 6) is -0.766. The van der Waals surface area contributed by atoms with Crippen molar-refractivity contribution in [3.8, 4) is 5.75 Å². The molecule has 1 aromatic rings. The lowest BCUT2D eigenvalue weighted by molar-refractivity contribution is -0.0499. The van der Waals surface area contributed by atoms with Gasteiger partial charge in [0.2, 0.25) is 0 Å². The number of rotatable bonds is 3. The van der Waals surface area contributed by atoms with Crippen molar-refractivity contribution < 1.29 is 23.0 Å². The molecule has 0 N–H and O–H groups in total. The smallest absolute Gasteiger partial charge is 0.387 e. The highest BCUT2D eigenvalue weighted by molar-refractivity contribution is 9.13. The first-order valence-corrected chi connectivity index (χ1v) is 5.56. The summed E-state index contributed by atoms with van der Waals surface area (Å²) in [6.07, 6.45) is 0. The average molecular weight is 360 g/mol. The minimum absolute atomic E-state index is 0.104. The molecule has 0 unspecified atom stereocenters. The number of hydrogen-bond acceptors (Lipinski definition) is 3. The Balaban J connectivity index is 3.16. The van der Waals surface area contributed by atoms with Crippen LogP contribution >= 0.6 is 31.9 Å². The van der Waals surface area contributed by atoms with Gasteiger partial charge in [0.25, 0.3) is 0 Å². The second-order valence-corrected chi connectivity index (χ2v) is 4.28. The molecule has 0 aliphatic carbocycles. The topological polar surface area (TPSA) is 35.5 Å². The Morgan fingerprint density at radius 1 is 1.38 bits per heavy atom. The van der Waals surface area contributed by atoms with E-state index in [1.807, 2.05) is 0 Å². The van der Waals surface area contributed by atoms with Gasteiger partial charge >= 0.3 is 12.6 Å². The van der Waals surface area contributed by atoms with E-state index in [-0.39, 0.29) is 11.3 Å². The minimum atomic E-state index is -2.95. The van der Waals surface area contributed by atoms with E-state index in [1.54, 1.807) is 0 Å². The molecule has 0 radical (unpaired) electrons. The molecule has 1 rings (SSSR count). The van der Waals surface area contributed by atoms with Gasteiger partial charge in [-0.2, -0.15) is 8.78 Å². The summed E-state index contributed by atoms with van der Waals surface area (Å²) in [7, 11) is 1.20. The average Bonchev–Trinajstić information content (AvgIpc) is 2.21. The van der Waals surface area contributed by atoms with Gasteiger partial charge in [0.05, 0.1) is 12.7 Å². The number of hydrogen-bond donors (Lipinski definition) is 0. The summed E-state index contributed by atoms with van der Waals surface area (Å²) in [6.45, 7) is -2.95. The van der Waals surface area contributed by atoms with Crippen molar-refractivity contribution in [1.29, 1.82) is 0 Å². The van der Waals surface area contributed by atoms with Gasteiger partial charge in [-0.25, -0.2) is 4.79 Å². The predicted molar refractivity (Wildman–Crippen MR) is 59.8 cm³/mol. The maximum absolute atomic E-state index is 12.0. The van der Waals surface area contributed by atoms with Crippen LogP contribution in [-0.4, -0.2) is 19.7 Å². The van der Waals surface area contributed by atoms with Gasteiger partial charge in [-0.3, -0.25) is 0 Å². The molecule has 0 fully saturated rings. The van der Waals surface area contributed by atoms with Gasteiger partial charge in [-0.15, -0.1) is 0 Å². The first-order chi connectivity index (χ1) is 7.45. The van der Waals surface area contributed by atoms with Crippen molar-refractivity contribution in [1.82, 2.24) is 0 Å². The third kappa shape index (κ3) is 3.15. The molecule has 0 amide bonds. The molecule has 0 atom stereocenters. The van der Waals surface area contributed by atoms with Crippen LogP contribution in [0.1, 0.15) is 10.4 Å². The van der Waals surface area contributed by atoms with Gasteiger partial charge in [0, 0.05) is 8.95 Å². The molecule has 0 aliphatic heterocycles. The van der Waals surface area contributed by atoms with E-state index in [0.717, 1.165) is 0 Å². The van der Waals surface area contributed by atoms with Gasteiger partial charge in [0.15, 0.2) is 0 Å². The zero-order chi connectivity index (χ0) is 12.3. The lowest BCUT2D eigenvalue weighted by Gasteiger charge is -2.09. The highest BCUT2D eigenvalue weighted by Crippen LogP contribution is 2.32. The molecule has 0 aliphatic rings. The number of halogens is 4. The number of ether oxygens (including phenoxy) is 2. The molecule has 0 heterocycles. The van der Waals surface area contributed by atoms with E-state index in [0.29, 0.717) is 8.95 Å². The lowest BCUT2D eigenvalue weighted by atomic mass is 10.2. The summed E-state index contributed by atoms with van der Waals surface area (Å²) >= 11 is 6.24. The second-order valence-electron chi connectivity index (χ2n) is 2.64. The van der Waals surface area contributed by atoms with Gasteiger partial charge < -0.3 is 9.47 Å². The highest BCUT2D eigenvalue weighted by atomic mass is 79.9. The molecule has 3 nitrogen and oxygen atoms in total. The Kier molecular flexibility index (Phi) is 4.67. The number of alkyl halides is 2. The molecule has 0 aromatic heterocycles. The largest absolute Gasteiger partial charge is 0.465 e. The van der Waals surface area contributed by atoms with Crippen molar-refractivity contribution in [2.45, 2.75) is 6.61 Å². The van der Waals surface area contributed by atoms with Crippen molar-refractivity contribution in [2.75, 3.05) is 7.11 Å². The summed E-state index contributed by atoms with van der Waals surface area (Å²) in [5.41, 5.74) is 0.104. The molecule has 0 bridgehead atoms. The van der Waals surface area contributed by atoms with Crippen LogP contribution in [-0.2, 0) is 4.74 Å². The Bertz CT molecular complexity index is 410. The summed E-state index contributed by atoms with van der Waals surface area (Å²) in [6, 6.07) is 2.50. The molecular formula is C9H6Br2F2O3. The molecule has 7 heteroatoms. The fourth-order valence-electron chi connectivity index (χ4n) is 0.994. The van der Waals surface area contributed by atoms with E-state index < -0.39 is 12.6 Å². The van der Waals surface area contributed by atoms with Gasteiger partial charge in [-0.05, 0) is 44.0 Å². The van der Waals surface area contributed by atoms with Crippen LogP contribution in [0.4, 0.5) is 8.78 Å². The van der Waals surface area contributed by atoms with Crippen LogP contribution in [0.15, 0.2) is 21.1 Å². The summed E-state index contributed by atoms with van der Waals surface area (Å²) < 4.78 is 33.5. The zero-order valence-corrected chi connectivity index (χ0v) is 11.1. The molecule has 1 aromatic carbocycles. The monoisotopic (exact) mass is 358 g/mol. The van der Waals surface area contributed by atoms with Crippen molar-refractivity contribution >= 4 is 37.8 Å². The number of methoxy groups -OCH3 is 1. The van der Waals surface area contributed by atoms with Crippen LogP contribution in [0.2, 0.25) is 0 Å². The number of carbonyl (C=O) groups is 1. The maximum Gasteiger partial charge on any atom is 0.387 e. The van der Waals surface area contributed by atoms with Crippen LogP contribution < -0.4 is 4.74 Å². The highest BCUT2D eigenvalue weighted by Gasteiger charge is 2.16. The fourth-order valence-corrected chi connectivity index (χ4v) is 1.82.